The van der Waals surface area contributed by atoms with Crippen molar-refractivity contribution in [3.8, 4) is 0 Å². The Kier molecular flexibility index (Phi) is 5.55. The van der Waals surface area contributed by atoms with Gasteiger partial charge < -0.3 is 5.11 Å². The van der Waals surface area contributed by atoms with Gasteiger partial charge in [-0.25, -0.2) is 0 Å². The van der Waals surface area contributed by atoms with Crippen LogP contribution in [0.3, 0.4) is 0 Å². The van der Waals surface area contributed by atoms with Gasteiger partial charge in [0, 0.05) is 26.7 Å². The molecule has 0 atom stereocenters. The van der Waals surface area contributed by atoms with Crippen molar-refractivity contribution in [3.63, 3.8) is 0 Å². The van der Waals surface area contributed by atoms with Crippen LogP contribution in [0.4, 0.5) is 0 Å². The summed E-state index contributed by atoms with van der Waals surface area (Å²) >= 11 is 0. The Morgan fingerprint density at radius 2 is 1.94 bits per heavy atom. The number of carboxylic acid groups (broad SMARTS) is 1. The topological polar surface area (TPSA) is 77.9 Å². The van der Waals surface area contributed by atoms with Crippen molar-refractivity contribution in [3.05, 3.63) is 0 Å². The number of carbonyl (C=O) groups is 1. The first-order valence-corrected chi connectivity index (χ1v) is 7.70. The zero-order chi connectivity index (χ0) is 13.8. The van der Waals surface area contributed by atoms with Gasteiger partial charge in [-0.15, -0.1) is 0 Å². The average Bonchev–Trinajstić information content (AvgIpc) is 3.09. The number of hydrogen-bond acceptors (Lipinski definition) is 3. The van der Waals surface area contributed by atoms with E-state index in [1.54, 1.807) is 0 Å². The van der Waals surface area contributed by atoms with Crippen LogP contribution in [0, 0.1) is 5.92 Å². The minimum Gasteiger partial charge on any atom is -0.481 e. The molecule has 106 valence electrons. The van der Waals surface area contributed by atoms with Crippen LogP contribution in [0.15, 0.2) is 0 Å². The molecule has 1 rings (SSSR count). The molecule has 0 aromatic carbocycles. The third kappa shape index (κ3) is 4.55. The quantitative estimate of drug-likeness (QED) is 0.675. The van der Waals surface area contributed by atoms with E-state index in [0.717, 1.165) is 23.6 Å². The molecule has 18 heavy (non-hydrogen) atoms. The van der Waals surface area contributed by atoms with Crippen LogP contribution in [-0.2, 0) is 15.0 Å². The zero-order valence-corrected chi connectivity index (χ0v) is 11.8. The van der Waals surface area contributed by atoms with Crippen LogP contribution in [0.2, 0.25) is 0 Å². The molecular weight excluding hydrogens is 256 g/mol. The molecular formula is C11H22N2O4S. The van der Waals surface area contributed by atoms with E-state index < -0.39 is 16.2 Å². The molecule has 0 heterocycles. The molecule has 0 aromatic rings. The van der Waals surface area contributed by atoms with E-state index in [4.69, 9.17) is 5.11 Å². The zero-order valence-electron chi connectivity index (χ0n) is 11.0. The summed E-state index contributed by atoms with van der Waals surface area (Å²) < 4.78 is 27.1. The van der Waals surface area contributed by atoms with Gasteiger partial charge in [0.2, 0.25) is 0 Å². The van der Waals surface area contributed by atoms with Crippen molar-refractivity contribution in [2.24, 2.45) is 5.92 Å². The SMILES string of the molecule is CCCN(CC1CC1)S(=O)(=O)N(C)CCC(=O)O. The van der Waals surface area contributed by atoms with Crippen LogP contribution in [-0.4, -0.2) is 54.8 Å². The van der Waals surface area contributed by atoms with Gasteiger partial charge in [0.25, 0.3) is 10.2 Å². The van der Waals surface area contributed by atoms with E-state index in [9.17, 15) is 13.2 Å². The smallest absolute Gasteiger partial charge is 0.304 e. The fourth-order valence-corrected chi connectivity index (χ4v) is 3.23. The molecule has 0 spiro atoms. The molecule has 1 saturated carbocycles. The number of nitrogens with zero attached hydrogens (tertiary/aromatic N) is 2. The molecule has 0 radical (unpaired) electrons. The van der Waals surface area contributed by atoms with Crippen molar-refractivity contribution in [2.75, 3.05) is 26.7 Å². The summed E-state index contributed by atoms with van der Waals surface area (Å²) in [4.78, 5) is 10.5. The lowest BCUT2D eigenvalue weighted by Gasteiger charge is -2.27. The second-order valence-corrected chi connectivity index (χ2v) is 6.81. The molecule has 0 aromatic heterocycles. The summed E-state index contributed by atoms with van der Waals surface area (Å²) in [6.07, 6.45) is 2.78. The Morgan fingerprint density at radius 3 is 2.39 bits per heavy atom. The first kappa shape index (κ1) is 15.4. The fraction of sp³-hybridized carbons (Fsp3) is 0.909. The van der Waals surface area contributed by atoms with Gasteiger partial charge in [0.1, 0.15) is 0 Å². The molecule has 0 amide bonds. The van der Waals surface area contributed by atoms with Gasteiger partial charge in [0.15, 0.2) is 0 Å². The maximum atomic E-state index is 12.3. The highest BCUT2D eigenvalue weighted by Gasteiger charge is 2.32. The lowest BCUT2D eigenvalue weighted by atomic mass is 10.4. The lowest BCUT2D eigenvalue weighted by Crippen LogP contribution is -2.43. The van der Waals surface area contributed by atoms with E-state index in [1.807, 2.05) is 6.92 Å². The standard InChI is InChI=1S/C11H22N2O4S/c1-3-7-13(9-10-4-5-10)18(16,17)12(2)8-6-11(14)15/h10H,3-9H2,1-2H3,(H,14,15). The Morgan fingerprint density at radius 1 is 1.33 bits per heavy atom. The molecule has 1 fully saturated rings. The van der Waals surface area contributed by atoms with Crippen molar-refractivity contribution in [2.45, 2.75) is 32.6 Å². The van der Waals surface area contributed by atoms with Gasteiger partial charge in [-0.05, 0) is 25.2 Å². The van der Waals surface area contributed by atoms with Crippen LogP contribution >= 0.6 is 0 Å². The van der Waals surface area contributed by atoms with E-state index >= 15 is 0 Å². The van der Waals surface area contributed by atoms with Crippen molar-refractivity contribution in [1.29, 1.82) is 0 Å². The number of rotatable bonds is 9. The molecule has 0 bridgehead atoms. The van der Waals surface area contributed by atoms with Gasteiger partial charge in [0.05, 0.1) is 6.42 Å². The van der Waals surface area contributed by atoms with Crippen LogP contribution < -0.4 is 0 Å². The summed E-state index contributed by atoms with van der Waals surface area (Å²) in [7, 11) is -2.07. The van der Waals surface area contributed by atoms with E-state index in [1.165, 1.54) is 11.4 Å². The Bertz CT molecular complexity index is 379. The minimum absolute atomic E-state index is 0.0164. The third-order valence-electron chi connectivity index (χ3n) is 2.99. The summed E-state index contributed by atoms with van der Waals surface area (Å²) in [6, 6.07) is 0. The van der Waals surface area contributed by atoms with Crippen molar-refractivity contribution >= 4 is 16.2 Å². The van der Waals surface area contributed by atoms with Crippen LogP contribution in [0.5, 0.6) is 0 Å². The van der Waals surface area contributed by atoms with E-state index in [0.29, 0.717) is 19.0 Å². The van der Waals surface area contributed by atoms with Crippen LogP contribution in [0.25, 0.3) is 0 Å². The van der Waals surface area contributed by atoms with Gasteiger partial charge in [-0.2, -0.15) is 17.0 Å². The molecule has 0 aliphatic heterocycles. The second-order valence-electron chi connectivity index (χ2n) is 4.77. The monoisotopic (exact) mass is 278 g/mol. The molecule has 1 aliphatic carbocycles. The molecule has 7 heteroatoms. The minimum atomic E-state index is -3.51. The van der Waals surface area contributed by atoms with Crippen LogP contribution in [0.1, 0.15) is 32.6 Å². The first-order chi connectivity index (χ1) is 8.37. The normalized spacial score (nSPS) is 16.4. The first-order valence-electron chi connectivity index (χ1n) is 6.31. The predicted molar refractivity (Wildman–Crippen MR) is 68.4 cm³/mol. The van der Waals surface area contributed by atoms with E-state index in [2.05, 4.69) is 0 Å². The molecule has 1 aliphatic rings. The maximum absolute atomic E-state index is 12.3. The van der Waals surface area contributed by atoms with Gasteiger partial charge >= 0.3 is 5.97 Å². The predicted octanol–water partition coefficient (Wildman–Crippen LogP) is 0.760. The lowest BCUT2D eigenvalue weighted by molar-refractivity contribution is -0.137. The fourth-order valence-electron chi connectivity index (χ4n) is 1.70. The molecule has 0 saturated heterocycles. The van der Waals surface area contributed by atoms with Gasteiger partial charge in [-0.1, -0.05) is 6.92 Å². The number of hydrogen-bond donors (Lipinski definition) is 1. The van der Waals surface area contributed by atoms with Gasteiger partial charge in [-0.3, -0.25) is 4.79 Å². The van der Waals surface area contributed by atoms with E-state index in [-0.39, 0.29) is 13.0 Å². The van der Waals surface area contributed by atoms with Crippen molar-refractivity contribution in [1.82, 2.24) is 8.61 Å². The highest BCUT2D eigenvalue weighted by molar-refractivity contribution is 7.86. The number of carboxylic acids is 1. The molecule has 1 N–H and O–H groups in total. The largest absolute Gasteiger partial charge is 0.481 e. The summed E-state index contributed by atoms with van der Waals surface area (Å²) in [6.45, 7) is 3.01. The van der Waals surface area contributed by atoms with Crippen molar-refractivity contribution < 1.29 is 18.3 Å². The average molecular weight is 278 g/mol. The Labute approximate surface area is 109 Å². The molecule has 0 unspecified atom stereocenters. The Balaban J connectivity index is 2.63. The Hall–Kier alpha value is -0.660. The molecule has 6 nitrogen and oxygen atoms in total. The summed E-state index contributed by atoms with van der Waals surface area (Å²) in [5, 5.41) is 8.59. The third-order valence-corrected chi connectivity index (χ3v) is 4.95. The summed E-state index contributed by atoms with van der Waals surface area (Å²) in [5.74, 6) is -0.500. The highest BCUT2D eigenvalue weighted by Crippen LogP contribution is 2.30. The second kappa shape index (κ2) is 6.49. The number of aliphatic carboxylic acids is 1. The summed E-state index contributed by atoms with van der Waals surface area (Å²) in [5.41, 5.74) is 0. The maximum Gasteiger partial charge on any atom is 0.304 e. The highest BCUT2D eigenvalue weighted by atomic mass is 32.2.